The molecule has 6 unspecified atom stereocenters. The highest BCUT2D eigenvalue weighted by molar-refractivity contribution is 6.24. The minimum Gasteiger partial charge on any atom is -0.502 e. The van der Waals surface area contributed by atoms with Crippen molar-refractivity contribution in [1.82, 2.24) is 9.80 Å². The van der Waals surface area contributed by atoms with Gasteiger partial charge in [-0.2, -0.15) is 0 Å². The van der Waals surface area contributed by atoms with Gasteiger partial charge in [-0.15, -0.1) is 0 Å². The lowest BCUT2D eigenvalue weighted by molar-refractivity contribution is -0.144. The number of rotatable bonds is 8. The van der Waals surface area contributed by atoms with Crippen molar-refractivity contribution in [3.8, 4) is 17.2 Å². The average molecular weight is 716 g/mol. The second-order valence-electron chi connectivity index (χ2n) is 15.2. The molecule has 3 aliphatic heterocycles. The van der Waals surface area contributed by atoms with E-state index in [2.05, 4.69) is 23.1 Å². The number of benzene rings is 3. The summed E-state index contributed by atoms with van der Waals surface area (Å²) in [4.78, 5) is 63.0. The van der Waals surface area contributed by atoms with E-state index in [1.54, 1.807) is 41.3 Å². The maximum atomic E-state index is 14.6. The molecule has 2 aliphatic carbocycles. The molecule has 3 heterocycles. The van der Waals surface area contributed by atoms with Gasteiger partial charge in [-0.25, -0.2) is 4.90 Å². The van der Waals surface area contributed by atoms with Crippen molar-refractivity contribution in [3.63, 3.8) is 0 Å². The molecule has 8 rings (SSSR count). The van der Waals surface area contributed by atoms with E-state index in [1.807, 2.05) is 43.3 Å². The van der Waals surface area contributed by atoms with Gasteiger partial charge in [0.25, 0.3) is 0 Å². The van der Waals surface area contributed by atoms with E-state index in [1.165, 1.54) is 24.7 Å². The number of phenols is 1. The van der Waals surface area contributed by atoms with Gasteiger partial charge in [-0.3, -0.25) is 29.0 Å². The molecule has 10 heteroatoms. The highest BCUT2D eigenvalue weighted by atomic mass is 16.5. The van der Waals surface area contributed by atoms with Gasteiger partial charge < -0.3 is 14.6 Å². The number of likely N-dealkylation sites (tertiary alicyclic amines) is 2. The van der Waals surface area contributed by atoms with Crippen LogP contribution in [0.25, 0.3) is 6.08 Å². The van der Waals surface area contributed by atoms with Crippen LogP contribution in [0.15, 0.2) is 90.5 Å². The number of carbonyl (C=O) groups excluding carboxylic acids is 4. The van der Waals surface area contributed by atoms with Crippen molar-refractivity contribution in [2.75, 3.05) is 32.2 Å². The summed E-state index contributed by atoms with van der Waals surface area (Å²) in [7, 11) is 2.92. The molecule has 274 valence electrons. The van der Waals surface area contributed by atoms with Gasteiger partial charge in [0.2, 0.25) is 29.4 Å². The zero-order valence-corrected chi connectivity index (χ0v) is 30.3. The number of methoxy groups -OCH3 is 2. The Bertz CT molecular complexity index is 1980. The van der Waals surface area contributed by atoms with Gasteiger partial charge in [0.15, 0.2) is 11.5 Å². The monoisotopic (exact) mass is 715 g/mol. The topological polar surface area (TPSA) is 117 Å². The maximum Gasteiger partial charge on any atom is 0.241 e. The molecule has 4 amide bonds. The molecule has 5 aliphatic rings. The van der Waals surface area contributed by atoms with Crippen LogP contribution in [0.4, 0.5) is 5.69 Å². The number of amides is 4. The zero-order valence-electron chi connectivity index (χ0n) is 30.3. The number of phenolic OH excluding ortho intramolecular Hbond substituents is 1. The Morgan fingerprint density at radius 1 is 0.849 bits per heavy atom. The largest absolute Gasteiger partial charge is 0.502 e. The molecule has 0 aromatic heterocycles. The summed E-state index contributed by atoms with van der Waals surface area (Å²) in [6, 6.07) is 22.5. The number of nitrogens with zero attached hydrogens (tertiary/aromatic N) is 3. The Morgan fingerprint density at radius 2 is 1.49 bits per heavy atom. The van der Waals surface area contributed by atoms with Gasteiger partial charge in [0, 0.05) is 31.6 Å². The standard InChI is InChI=1S/C43H45N3O7/c1-43-33(17-14-27-22-35(52-2)38(47)36(23-27)53-3)30-15-16-31-37(32(30)24-34(43)40(49)46(42(43)51)28-12-8-5-9-13-28)41(50)45(39(31)48)29-18-20-44(21-19-29)25-26-10-6-4-7-11-26/h4-15,17,22-23,29,31-34,37,47H,16,18-21,24-25H2,1-3H3. The summed E-state index contributed by atoms with van der Waals surface area (Å²) in [5.74, 6) is -3.17. The van der Waals surface area contributed by atoms with Crippen LogP contribution >= 0.6 is 0 Å². The number of carbonyl (C=O) groups is 4. The maximum absolute atomic E-state index is 14.6. The highest BCUT2D eigenvalue weighted by Gasteiger charge is 2.67. The van der Waals surface area contributed by atoms with Gasteiger partial charge in [-0.1, -0.05) is 72.3 Å². The predicted molar refractivity (Wildman–Crippen MR) is 199 cm³/mol. The first kappa shape index (κ1) is 34.8. The van der Waals surface area contributed by atoms with Crippen LogP contribution in [0.5, 0.6) is 17.2 Å². The summed E-state index contributed by atoms with van der Waals surface area (Å²) in [6.07, 6.45) is 8.02. The summed E-state index contributed by atoms with van der Waals surface area (Å²) < 4.78 is 10.8. The van der Waals surface area contributed by atoms with Crippen LogP contribution in [-0.2, 0) is 25.7 Å². The molecule has 3 saturated heterocycles. The lowest BCUT2D eigenvalue weighted by atomic mass is 9.52. The SMILES string of the molecule is COc1cc(C=CC2C3=CCC4C(=O)N(C5CCN(Cc6ccccc6)CC5)C(=O)C4C3CC3C(=O)N(c4ccccc4)C(=O)C23C)cc(OC)c1O. The molecule has 4 fully saturated rings. The molecule has 0 bridgehead atoms. The third-order valence-electron chi connectivity index (χ3n) is 12.5. The molecule has 3 aromatic rings. The Morgan fingerprint density at radius 3 is 2.13 bits per heavy atom. The molecule has 6 atom stereocenters. The summed E-state index contributed by atoms with van der Waals surface area (Å²) in [5.41, 5.74) is 2.21. The van der Waals surface area contributed by atoms with Crippen LogP contribution in [0.3, 0.4) is 0 Å². The van der Waals surface area contributed by atoms with E-state index < -0.39 is 29.1 Å². The lowest BCUT2D eigenvalue weighted by Gasteiger charge is -2.48. The number of hydrogen-bond donors (Lipinski definition) is 1. The molecule has 1 N–H and O–H groups in total. The van der Waals surface area contributed by atoms with E-state index in [4.69, 9.17) is 9.47 Å². The van der Waals surface area contributed by atoms with E-state index >= 15 is 0 Å². The fourth-order valence-electron chi connectivity index (χ4n) is 9.82. The third kappa shape index (κ3) is 5.66. The van der Waals surface area contributed by atoms with Crippen LogP contribution in [0.2, 0.25) is 0 Å². The molecule has 0 spiro atoms. The van der Waals surface area contributed by atoms with E-state index in [0.717, 1.165) is 38.0 Å². The number of piperidine rings is 1. The third-order valence-corrected chi connectivity index (χ3v) is 12.5. The molecular formula is C43H45N3O7. The Kier molecular flexibility index (Phi) is 8.97. The molecule has 53 heavy (non-hydrogen) atoms. The van der Waals surface area contributed by atoms with Crippen molar-refractivity contribution in [3.05, 3.63) is 102 Å². The normalized spacial score (nSPS) is 29.0. The number of imide groups is 2. The van der Waals surface area contributed by atoms with Gasteiger partial charge in [-0.05, 0) is 73.9 Å². The second kappa shape index (κ2) is 13.6. The fraction of sp³-hybridized carbons (Fsp3) is 0.395. The van der Waals surface area contributed by atoms with Gasteiger partial charge in [0.05, 0.1) is 43.1 Å². The second-order valence-corrected chi connectivity index (χ2v) is 15.2. The van der Waals surface area contributed by atoms with Crippen molar-refractivity contribution in [2.24, 2.45) is 35.0 Å². The summed E-state index contributed by atoms with van der Waals surface area (Å²) in [5, 5.41) is 10.5. The van der Waals surface area contributed by atoms with Crippen LogP contribution in [0.1, 0.15) is 43.7 Å². The fourth-order valence-corrected chi connectivity index (χ4v) is 9.82. The van der Waals surface area contributed by atoms with Gasteiger partial charge in [0.1, 0.15) is 0 Å². The molecule has 0 radical (unpaired) electrons. The number of allylic oxidation sites excluding steroid dienone is 3. The van der Waals surface area contributed by atoms with E-state index in [9.17, 15) is 24.3 Å². The Labute approximate surface area is 309 Å². The highest BCUT2D eigenvalue weighted by Crippen LogP contribution is 2.61. The van der Waals surface area contributed by atoms with Crippen LogP contribution in [0, 0.1) is 35.0 Å². The molecule has 1 saturated carbocycles. The predicted octanol–water partition coefficient (Wildman–Crippen LogP) is 5.85. The average Bonchev–Trinajstić information content (AvgIpc) is 3.55. The minimum atomic E-state index is -1.14. The summed E-state index contributed by atoms with van der Waals surface area (Å²) in [6.45, 7) is 4.30. The quantitative estimate of drug-likeness (QED) is 0.228. The van der Waals surface area contributed by atoms with E-state index in [0.29, 0.717) is 24.1 Å². The number of para-hydroxylation sites is 1. The Hall–Kier alpha value is -5.22. The van der Waals surface area contributed by atoms with Crippen molar-refractivity contribution >= 4 is 35.4 Å². The first-order valence-corrected chi connectivity index (χ1v) is 18.6. The molecule has 10 nitrogen and oxygen atoms in total. The summed E-state index contributed by atoms with van der Waals surface area (Å²) >= 11 is 0. The number of ether oxygens (including phenoxy) is 2. The number of hydrogen-bond acceptors (Lipinski definition) is 8. The van der Waals surface area contributed by atoms with Crippen LogP contribution < -0.4 is 14.4 Å². The number of aromatic hydroxyl groups is 1. The first-order valence-electron chi connectivity index (χ1n) is 18.6. The minimum absolute atomic E-state index is 0.111. The molecular weight excluding hydrogens is 670 g/mol. The lowest BCUT2D eigenvalue weighted by Crippen LogP contribution is -2.50. The first-order chi connectivity index (χ1) is 25.6. The van der Waals surface area contributed by atoms with Crippen molar-refractivity contribution in [2.45, 2.75) is 45.2 Å². The Balaban J connectivity index is 1.12. The smallest absolute Gasteiger partial charge is 0.241 e. The van der Waals surface area contributed by atoms with Crippen LogP contribution in [-0.4, -0.2) is 71.9 Å². The van der Waals surface area contributed by atoms with Crippen molar-refractivity contribution < 1.29 is 33.8 Å². The van der Waals surface area contributed by atoms with Crippen molar-refractivity contribution in [1.29, 1.82) is 0 Å². The molecule has 3 aromatic carbocycles. The number of anilines is 1. The number of fused-ring (bicyclic) bond motifs is 4. The van der Waals surface area contributed by atoms with E-state index in [-0.39, 0.29) is 52.8 Å². The zero-order chi connectivity index (χ0) is 37.0. The van der Waals surface area contributed by atoms with Gasteiger partial charge >= 0.3 is 0 Å².